The fourth-order valence-corrected chi connectivity index (χ4v) is 3.93. The molecule has 0 atom stereocenters. The third kappa shape index (κ3) is 35.9. The molecule has 0 spiro atoms. The van der Waals surface area contributed by atoms with Crippen molar-refractivity contribution < 1.29 is 13.9 Å². The van der Waals surface area contributed by atoms with Crippen LogP contribution < -0.4 is 0 Å². The molecule has 0 aromatic heterocycles. The summed E-state index contributed by atoms with van der Waals surface area (Å²) in [6.45, 7) is 8.26. The van der Waals surface area contributed by atoms with Crippen LogP contribution in [0.4, 0.5) is 4.39 Å². The lowest BCUT2D eigenvalue weighted by Gasteiger charge is -2.02. The fourth-order valence-electron chi connectivity index (χ4n) is 3.93. The maximum Gasteiger partial charge on any atom is 0.330 e. The smallest absolute Gasteiger partial charge is 0.330 e. The molecule has 33 heavy (non-hydrogen) atoms. The molecule has 0 aliphatic rings. The molecule has 0 unspecified atom stereocenters. The SMILES string of the molecule is C=CC(=O)OCCCCCCCCCC.CCCCCCCCCCCCCCCCCF. The van der Waals surface area contributed by atoms with Crippen molar-refractivity contribution >= 4 is 5.97 Å². The molecular weight excluding hydrogens is 411 g/mol. The van der Waals surface area contributed by atoms with Gasteiger partial charge in [-0.1, -0.05) is 155 Å². The summed E-state index contributed by atoms with van der Waals surface area (Å²) in [6.07, 6.45) is 31.3. The van der Waals surface area contributed by atoms with Gasteiger partial charge < -0.3 is 4.74 Å². The number of hydrogen-bond acceptors (Lipinski definition) is 2. The molecule has 2 nitrogen and oxygen atoms in total. The molecule has 0 aromatic carbocycles. The Morgan fingerprint density at radius 2 is 0.879 bits per heavy atom. The highest BCUT2D eigenvalue weighted by Gasteiger charge is 1.96. The van der Waals surface area contributed by atoms with Crippen LogP contribution in [0.2, 0.25) is 0 Å². The van der Waals surface area contributed by atoms with Gasteiger partial charge in [-0.05, 0) is 12.8 Å². The van der Waals surface area contributed by atoms with Crippen LogP contribution in [0.5, 0.6) is 0 Å². The van der Waals surface area contributed by atoms with E-state index in [4.69, 9.17) is 4.74 Å². The zero-order valence-electron chi connectivity index (χ0n) is 22.7. The van der Waals surface area contributed by atoms with Crippen molar-refractivity contribution in [2.75, 3.05) is 13.3 Å². The third-order valence-corrected chi connectivity index (χ3v) is 6.15. The van der Waals surface area contributed by atoms with Crippen molar-refractivity contribution in [1.82, 2.24) is 0 Å². The monoisotopic (exact) mass is 470 g/mol. The van der Waals surface area contributed by atoms with E-state index in [1.165, 1.54) is 128 Å². The first-order valence-electron chi connectivity index (χ1n) is 14.6. The van der Waals surface area contributed by atoms with Crippen LogP contribution in [0.15, 0.2) is 12.7 Å². The van der Waals surface area contributed by atoms with Gasteiger partial charge in [0.25, 0.3) is 0 Å². The lowest BCUT2D eigenvalue weighted by atomic mass is 10.0. The second-order valence-electron chi connectivity index (χ2n) is 9.49. The average molecular weight is 471 g/mol. The quantitative estimate of drug-likeness (QED) is 0.0753. The van der Waals surface area contributed by atoms with Gasteiger partial charge in [-0.2, -0.15) is 0 Å². The summed E-state index contributed by atoms with van der Waals surface area (Å²) in [5.41, 5.74) is 0. The number of rotatable bonds is 25. The molecule has 0 aliphatic carbocycles. The Morgan fingerprint density at radius 1 is 0.576 bits per heavy atom. The van der Waals surface area contributed by atoms with Crippen molar-refractivity contribution in [1.29, 1.82) is 0 Å². The number of alkyl halides is 1. The highest BCUT2D eigenvalue weighted by Crippen LogP contribution is 2.13. The highest BCUT2D eigenvalue weighted by atomic mass is 19.1. The molecule has 0 bridgehead atoms. The number of carbonyl (C=O) groups excluding carboxylic acids is 1. The third-order valence-electron chi connectivity index (χ3n) is 6.15. The summed E-state index contributed by atoms with van der Waals surface area (Å²) in [4.78, 5) is 10.7. The summed E-state index contributed by atoms with van der Waals surface area (Å²) in [5, 5.41) is 0. The van der Waals surface area contributed by atoms with E-state index in [9.17, 15) is 9.18 Å². The van der Waals surface area contributed by atoms with Crippen LogP contribution in [0, 0.1) is 0 Å². The summed E-state index contributed by atoms with van der Waals surface area (Å²) < 4.78 is 16.7. The van der Waals surface area contributed by atoms with E-state index in [1.54, 1.807) is 0 Å². The van der Waals surface area contributed by atoms with E-state index in [1.807, 2.05) is 0 Å². The predicted molar refractivity (Wildman–Crippen MR) is 145 cm³/mol. The van der Waals surface area contributed by atoms with Gasteiger partial charge in [0.1, 0.15) is 0 Å². The van der Waals surface area contributed by atoms with Crippen LogP contribution >= 0.6 is 0 Å². The van der Waals surface area contributed by atoms with Crippen LogP contribution in [0.25, 0.3) is 0 Å². The Bertz CT molecular complexity index is 354. The topological polar surface area (TPSA) is 26.3 Å². The first kappa shape index (κ1) is 34.3. The van der Waals surface area contributed by atoms with Crippen molar-refractivity contribution in [2.45, 2.75) is 162 Å². The van der Waals surface area contributed by atoms with E-state index in [0.717, 1.165) is 25.7 Å². The maximum atomic E-state index is 11.8. The van der Waals surface area contributed by atoms with Crippen molar-refractivity contribution in [3.05, 3.63) is 12.7 Å². The van der Waals surface area contributed by atoms with Gasteiger partial charge in [0.05, 0.1) is 13.3 Å². The molecule has 0 aliphatic heterocycles. The van der Waals surface area contributed by atoms with E-state index >= 15 is 0 Å². The zero-order chi connectivity index (χ0) is 24.7. The molecule has 0 aromatic rings. The van der Waals surface area contributed by atoms with Gasteiger partial charge in [0, 0.05) is 6.08 Å². The fraction of sp³-hybridized carbons (Fsp3) is 0.900. The first-order chi connectivity index (χ1) is 16.2. The van der Waals surface area contributed by atoms with Crippen LogP contribution in [-0.4, -0.2) is 19.3 Å². The van der Waals surface area contributed by atoms with Gasteiger partial charge in [0.2, 0.25) is 0 Å². The van der Waals surface area contributed by atoms with E-state index < -0.39 is 0 Å². The van der Waals surface area contributed by atoms with Crippen molar-refractivity contribution in [3.63, 3.8) is 0 Å². The van der Waals surface area contributed by atoms with Crippen LogP contribution in [0.3, 0.4) is 0 Å². The van der Waals surface area contributed by atoms with Gasteiger partial charge in [0.15, 0.2) is 0 Å². The Hall–Kier alpha value is -0.860. The molecule has 0 rings (SSSR count). The molecule has 0 heterocycles. The predicted octanol–water partition coefficient (Wildman–Crippen LogP) is 10.7. The minimum Gasteiger partial charge on any atom is -0.463 e. The molecule has 0 fully saturated rings. The summed E-state index contributed by atoms with van der Waals surface area (Å²) >= 11 is 0. The number of hydrogen-bond donors (Lipinski definition) is 0. The highest BCUT2D eigenvalue weighted by molar-refractivity contribution is 5.81. The molecule has 198 valence electrons. The average Bonchev–Trinajstić information content (AvgIpc) is 2.83. The minimum absolute atomic E-state index is 0.127. The van der Waals surface area contributed by atoms with Crippen LogP contribution in [0.1, 0.15) is 162 Å². The molecule has 0 N–H and O–H groups in total. The summed E-state index contributed by atoms with van der Waals surface area (Å²) in [7, 11) is 0. The molecule has 0 amide bonds. The van der Waals surface area contributed by atoms with Gasteiger partial charge >= 0.3 is 5.97 Å². The molecule has 0 radical (unpaired) electrons. The minimum atomic E-state index is -0.307. The van der Waals surface area contributed by atoms with Crippen molar-refractivity contribution in [3.8, 4) is 0 Å². The zero-order valence-corrected chi connectivity index (χ0v) is 22.7. The standard InChI is InChI=1S/C17H35F.C13H24O2/c1-2-3-4-5-6-7-8-9-10-11-12-13-14-15-16-17-18;1-3-5-6-7-8-9-10-11-12-15-13(14)4-2/h2-17H2,1H3;4H,2-3,5-12H2,1H3. The first-order valence-corrected chi connectivity index (χ1v) is 14.6. The number of halogens is 1. The number of carbonyl (C=O) groups is 1. The number of unbranched alkanes of at least 4 members (excludes halogenated alkanes) is 21. The van der Waals surface area contributed by atoms with Crippen molar-refractivity contribution in [2.24, 2.45) is 0 Å². The number of esters is 1. The van der Waals surface area contributed by atoms with Crippen LogP contribution in [-0.2, 0) is 9.53 Å². The Balaban J connectivity index is 0. The number of ether oxygens (including phenoxy) is 1. The lowest BCUT2D eigenvalue weighted by molar-refractivity contribution is -0.137. The largest absolute Gasteiger partial charge is 0.463 e. The molecule has 3 heteroatoms. The second-order valence-corrected chi connectivity index (χ2v) is 9.49. The molecule has 0 saturated carbocycles. The van der Waals surface area contributed by atoms with Gasteiger partial charge in [-0.25, -0.2) is 4.79 Å². The molecule has 0 saturated heterocycles. The molecular formula is C30H59FO2. The van der Waals surface area contributed by atoms with Gasteiger partial charge in [-0.3, -0.25) is 4.39 Å². The maximum absolute atomic E-state index is 11.8. The second kappa shape index (κ2) is 33.3. The Morgan fingerprint density at radius 3 is 1.18 bits per heavy atom. The Kier molecular flexibility index (Phi) is 34.6. The lowest BCUT2D eigenvalue weighted by Crippen LogP contribution is -2.01. The summed E-state index contributed by atoms with van der Waals surface area (Å²) in [5.74, 6) is -0.307. The Labute approximate surface area is 207 Å². The summed E-state index contributed by atoms with van der Waals surface area (Å²) in [6, 6.07) is 0. The van der Waals surface area contributed by atoms with E-state index in [2.05, 4.69) is 20.4 Å². The van der Waals surface area contributed by atoms with E-state index in [0.29, 0.717) is 6.61 Å². The normalized spacial score (nSPS) is 10.5. The van der Waals surface area contributed by atoms with E-state index in [-0.39, 0.29) is 12.6 Å². The van der Waals surface area contributed by atoms with Gasteiger partial charge in [-0.15, -0.1) is 0 Å².